The highest BCUT2D eigenvalue weighted by Gasteiger charge is 2.19. The van der Waals surface area contributed by atoms with Crippen molar-refractivity contribution >= 4 is 43.2 Å². The molecule has 1 heterocycles. The molecule has 0 aliphatic rings. The summed E-state index contributed by atoms with van der Waals surface area (Å²) in [4.78, 5) is 0. The summed E-state index contributed by atoms with van der Waals surface area (Å²) in [6, 6.07) is 7.30. The van der Waals surface area contributed by atoms with Crippen molar-refractivity contribution in [1.82, 2.24) is 5.32 Å². The van der Waals surface area contributed by atoms with Gasteiger partial charge in [-0.15, -0.1) is 11.3 Å². The minimum Gasteiger partial charge on any atom is -0.306 e. The van der Waals surface area contributed by atoms with Gasteiger partial charge in [0.2, 0.25) is 0 Å². The van der Waals surface area contributed by atoms with Gasteiger partial charge in [-0.3, -0.25) is 0 Å². The maximum absolute atomic E-state index is 14.2. The Balaban J connectivity index is 2.44. The lowest BCUT2D eigenvalue weighted by Gasteiger charge is -2.18. The van der Waals surface area contributed by atoms with Crippen LogP contribution in [0.5, 0.6) is 0 Å². The minimum atomic E-state index is -0.203. The summed E-state index contributed by atoms with van der Waals surface area (Å²) in [6.45, 7) is 2.80. The molecule has 1 nitrogen and oxygen atoms in total. The number of benzene rings is 1. The van der Waals surface area contributed by atoms with Gasteiger partial charge in [0.05, 0.1) is 14.3 Å². The van der Waals surface area contributed by atoms with Crippen LogP contribution in [0.2, 0.25) is 0 Å². The highest BCUT2D eigenvalue weighted by Crippen LogP contribution is 2.32. The number of hydrogen-bond acceptors (Lipinski definition) is 2. The summed E-state index contributed by atoms with van der Waals surface area (Å²) < 4.78 is 15.7. The average Bonchev–Trinajstić information content (AvgIpc) is 2.77. The Morgan fingerprint density at radius 3 is 2.78 bits per heavy atom. The van der Waals surface area contributed by atoms with Crippen LogP contribution in [0.1, 0.15) is 24.1 Å². The number of halogens is 3. The highest BCUT2D eigenvalue weighted by molar-refractivity contribution is 9.11. The van der Waals surface area contributed by atoms with Crippen molar-refractivity contribution in [3.8, 4) is 0 Å². The quantitative estimate of drug-likeness (QED) is 0.762. The van der Waals surface area contributed by atoms with Gasteiger partial charge in [0, 0.05) is 5.56 Å². The minimum absolute atomic E-state index is 0.116. The maximum atomic E-state index is 14.2. The van der Waals surface area contributed by atoms with Crippen LogP contribution in [0.4, 0.5) is 4.39 Å². The van der Waals surface area contributed by atoms with Crippen LogP contribution in [0.25, 0.3) is 0 Å². The molecule has 1 N–H and O–H groups in total. The van der Waals surface area contributed by atoms with Crippen molar-refractivity contribution < 1.29 is 4.39 Å². The second kappa shape index (κ2) is 6.28. The van der Waals surface area contributed by atoms with Crippen LogP contribution in [0, 0.1) is 5.82 Å². The fourth-order valence-corrected chi connectivity index (χ4v) is 3.41. The van der Waals surface area contributed by atoms with Gasteiger partial charge in [-0.2, -0.15) is 0 Å². The Kier molecular flexibility index (Phi) is 4.95. The van der Waals surface area contributed by atoms with E-state index in [4.69, 9.17) is 0 Å². The molecule has 96 valence electrons. The first-order chi connectivity index (χ1) is 8.63. The molecule has 0 saturated carbocycles. The molecule has 0 aliphatic carbocycles. The smallest absolute Gasteiger partial charge is 0.142 e. The van der Waals surface area contributed by atoms with Gasteiger partial charge < -0.3 is 5.32 Å². The van der Waals surface area contributed by atoms with E-state index in [1.54, 1.807) is 17.4 Å². The van der Waals surface area contributed by atoms with E-state index >= 15 is 0 Å². The molecule has 2 aromatic rings. The van der Waals surface area contributed by atoms with Crippen molar-refractivity contribution in [3.63, 3.8) is 0 Å². The highest BCUT2D eigenvalue weighted by atomic mass is 79.9. The fourth-order valence-electron chi connectivity index (χ4n) is 1.83. The standard InChI is InChI=1S/C13H12Br2FNS/c1-2-17-13(8-6-11(15)18-7-8)9-4-3-5-10(14)12(9)16/h3-7,13,17H,2H2,1H3. The molecule has 2 rings (SSSR count). The first-order valence-corrected chi connectivity index (χ1v) is 8.01. The van der Waals surface area contributed by atoms with Crippen molar-refractivity contribution in [2.75, 3.05) is 6.54 Å². The molecular weight excluding hydrogens is 381 g/mol. The lowest BCUT2D eigenvalue weighted by Crippen LogP contribution is -2.22. The van der Waals surface area contributed by atoms with Crippen molar-refractivity contribution in [2.45, 2.75) is 13.0 Å². The van der Waals surface area contributed by atoms with E-state index < -0.39 is 0 Å². The van der Waals surface area contributed by atoms with Crippen LogP contribution >= 0.6 is 43.2 Å². The van der Waals surface area contributed by atoms with Gasteiger partial charge >= 0.3 is 0 Å². The first kappa shape index (κ1) is 14.2. The Hall–Kier alpha value is -0.230. The molecule has 0 radical (unpaired) electrons. The third-order valence-corrected chi connectivity index (χ3v) is 4.76. The van der Waals surface area contributed by atoms with Gasteiger partial charge in [0.25, 0.3) is 0 Å². The molecule has 0 saturated heterocycles. The normalized spacial score (nSPS) is 12.7. The molecule has 1 atom stereocenters. The topological polar surface area (TPSA) is 12.0 Å². The zero-order valence-electron chi connectivity index (χ0n) is 9.71. The van der Waals surface area contributed by atoms with Gasteiger partial charge in [-0.25, -0.2) is 4.39 Å². The molecular formula is C13H12Br2FNS. The van der Waals surface area contributed by atoms with Crippen molar-refractivity contribution in [3.05, 3.63) is 54.8 Å². The SMILES string of the molecule is CCNC(c1csc(Br)c1)c1cccc(Br)c1F. The molecule has 0 bridgehead atoms. The number of hydrogen-bond donors (Lipinski definition) is 1. The molecule has 18 heavy (non-hydrogen) atoms. The van der Waals surface area contributed by atoms with E-state index in [-0.39, 0.29) is 11.9 Å². The Labute approximate surface area is 127 Å². The fraction of sp³-hybridized carbons (Fsp3) is 0.231. The molecule has 0 aliphatic heterocycles. The zero-order valence-corrected chi connectivity index (χ0v) is 13.7. The third-order valence-electron chi connectivity index (χ3n) is 2.62. The van der Waals surface area contributed by atoms with E-state index in [0.29, 0.717) is 10.0 Å². The van der Waals surface area contributed by atoms with Crippen molar-refractivity contribution in [2.24, 2.45) is 0 Å². The summed E-state index contributed by atoms with van der Waals surface area (Å²) in [5.41, 5.74) is 1.74. The first-order valence-electron chi connectivity index (χ1n) is 5.54. The largest absolute Gasteiger partial charge is 0.306 e. The van der Waals surface area contributed by atoms with Crippen LogP contribution in [-0.4, -0.2) is 6.54 Å². The summed E-state index contributed by atoms with van der Waals surface area (Å²) >= 11 is 8.28. The summed E-state index contributed by atoms with van der Waals surface area (Å²) in [5, 5.41) is 5.36. The van der Waals surface area contributed by atoms with Gasteiger partial charge in [-0.1, -0.05) is 19.1 Å². The predicted molar refractivity (Wildman–Crippen MR) is 81.6 cm³/mol. The Morgan fingerprint density at radius 2 is 2.17 bits per heavy atom. The molecule has 0 fully saturated rings. The number of nitrogens with one attached hydrogen (secondary N) is 1. The monoisotopic (exact) mass is 391 g/mol. The molecule has 0 amide bonds. The molecule has 1 unspecified atom stereocenters. The predicted octanol–water partition coefficient (Wildman–Crippen LogP) is 5.11. The summed E-state index contributed by atoms with van der Waals surface area (Å²) in [5.74, 6) is -0.203. The van der Waals surface area contributed by atoms with Crippen LogP contribution in [-0.2, 0) is 0 Å². The molecule has 1 aromatic heterocycles. The van der Waals surface area contributed by atoms with Gasteiger partial charge in [0.15, 0.2) is 0 Å². The van der Waals surface area contributed by atoms with Crippen LogP contribution in [0.3, 0.4) is 0 Å². The maximum Gasteiger partial charge on any atom is 0.142 e. The van der Waals surface area contributed by atoms with E-state index in [0.717, 1.165) is 15.9 Å². The molecule has 5 heteroatoms. The number of rotatable bonds is 4. The van der Waals surface area contributed by atoms with Crippen LogP contribution < -0.4 is 5.32 Å². The van der Waals surface area contributed by atoms with E-state index in [1.807, 2.05) is 30.5 Å². The molecule has 0 spiro atoms. The van der Waals surface area contributed by atoms with Crippen molar-refractivity contribution in [1.29, 1.82) is 0 Å². The number of thiophene rings is 1. The third kappa shape index (κ3) is 3.02. The summed E-state index contributed by atoms with van der Waals surface area (Å²) in [7, 11) is 0. The lowest BCUT2D eigenvalue weighted by molar-refractivity contribution is 0.555. The van der Waals surface area contributed by atoms with Gasteiger partial charge in [-0.05, 0) is 61.5 Å². The average molecular weight is 393 g/mol. The van der Waals surface area contributed by atoms with E-state index in [1.165, 1.54) is 0 Å². The lowest BCUT2D eigenvalue weighted by atomic mass is 10.0. The Morgan fingerprint density at radius 1 is 1.39 bits per heavy atom. The van der Waals surface area contributed by atoms with E-state index in [2.05, 4.69) is 37.2 Å². The summed E-state index contributed by atoms with van der Waals surface area (Å²) in [6.07, 6.45) is 0. The zero-order chi connectivity index (χ0) is 13.1. The van der Waals surface area contributed by atoms with E-state index in [9.17, 15) is 4.39 Å². The van der Waals surface area contributed by atoms with Gasteiger partial charge in [0.1, 0.15) is 5.82 Å². The second-order valence-corrected chi connectivity index (χ2v) is 6.96. The second-order valence-electron chi connectivity index (χ2n) is 3.82. The van der Waals surface area contributed by atoms with Crippen LogP contribution in [0.15, 0.2) is 37.9 Å². The Bertz CT molecular complexity index is 542. The molecule has 1 aromatic carbocycles.